The SMILES string of the molecule is [Se]C1=C([Se])[Se]C(=C2[Se]C=C[Se]2)[Se]1. The van der Waals surface area contributed by atoms with Crippen molar-refractivity contribution in [1.29, 1.82) is 0 Å². The van der Waals surface area contributed by atoms with E-state index in [1.165, 1.54) is 6.74 Å². The van der Waals surface area contributed by atoms with Crippen molar-refractivity contribution in [3.05, 3.63) is 23.4 Å². The van der Waals surface area contributed by atoms with Crippen LogP contribution in [0, 0.1) is 0 Å². The summed E-state index contributed by atoms with van der Waals surface area (Å²) in [6.45, 7) is 0. The molecule has 6 heteroatoms. The van der Waals surface area contributed by atoms with E-state index in [2.05, 4.69) is 42.0 Å². The molecule has 0 aromatic rings. The third-order valence-corrected chi connectivity index (χ3v) is 20.0. The molecule has 2 aliphatic heterocycles. The van der Waals surface area contributed by atoms with Gasteiger partial charge in [-0.15, -0.1) is 0 Å². The maximum atomic E-state index is 3.19. The molecule has 2 heterocycles. The van der Waals surface area contributed by atoms with E-state index in [1.54, 1.807) is 0 Å². The van der Waals surface area contributed by atoms with Crippen LogP contribution in [0.15, 0.2) is 23.4 Å². The summed E-state index contributed by atoms with van der Waals surface area (Å²) in [5.74, 6) is 0. The summed E-state index contributed by atoms with van der Waals surface area (Å²) in [4.78, 5) is 4.77. The van der Waals surface area contributed by atoms with Crippen molar-refractivity contribution in [2.24, 2.45) is 0 Å². The second-order valence-electron chi connectivity index (χ2n) is 1.86. The van der Waals surface area contributed by atoms with E-state index in [0.29, 0.717) is 29.9 Å². The summed E-state index contributed by atoms with van der Waals surface area (Å²) in [7, 11) is 0. The maximum absolute atomic E-state index is 3.19. The fourth-order valence-electron chi connectivity index (χ4n) is 0.659. The molecular formula is C6H2Se6. The van der Waals surface area contributed by atoms with Gasteiger partial charge in [0, 0.05) is 0 Å². The van der Waals surface area contributed by atoms with Gasteiger partial charge in [-0.05, 0) is 0 Å². The van der Waals surface area contributed by atoms with Crippen molar-refractivity contribution in [1.82, 2.24) is 0 Å². The molecule has 0 N–H and O–H groups in total. The minimum absolute atomic E-state index is 0.672. The zero-order chi connectivity index (χ0) is 8.55. The Morgan fingerprint density at radius 2 is 1.33 bits per heavy atom. The van der Waals surface area contributed by atoms with Gasteiger partial charge >= 0.3 is 115 Å². The first kappa shape index (κ1) is 10.8. The molecule has 0 saturated carbocycles. The molecule has 0 nitrogen and oxygen atoms in total. The Balaban J connectivity index is 2.16. The van der Waals surface area contributed by atoms with E-state index in [0.717, 1.165) is 29.9 Å². The van der Waals surface area contributed by atoms with Crippen LogP contribution in [-0.4, -0.2) is 91.9 Å². The summed E-state index contributed by atoms with van der Waals surface area (Å²) in [6, 6.07) is 0. The van der Waals surface area contributed by atoms with Crippen LogP contribution >= 0.6 is 0 Å². The van der Waals surface area contributed by atoms with Crippen molar-refractivity contribution in [2.45, 2.75) is 0 Å². The average Bonchev–Trinajstić information content (AvgIpc) is 2.61. The Morgan fingerprint density at radius 1 is 0.833 bits per heavy atom. The van der Waals surface area contributed by atoms with Crippen LogP contribution in [0.1, 0.15) is 0 Å². The predicted molar refractivity (Wildman–Crippen MR) is 57.7 cm³/mol. The molecule has 0 amide bonds. The molecule has 2 radical (unpaired) electrons. The standard InChI is InChI=1S/C6H2Se6/c7-3-4(8)12-6(11-3)5-9-1-2-10-5/h1-2H. The van der Waals surface area contributed by atoms with Crippen LogP contribution in [-0.2, 0) is 0 Å². The normalized spacial score (nSPS) is 23.0. The van der Waals surface area contributed by atoms with Gasteiger partial charge in [0.05, 0.1) is 0 Å². The van der Waals surface area contributed by atoms with E-state index in [4.69, 9.17) is 0 Å². The van der Waals surface area contributed by atoms with Crippen LogP contribution < -0.4 is 0 Å². The number of hydrogen-bond acceptors (Lipinski definition) is 0. The first-order chi connectivity index (χ1) is 5.77. The fraction of sp³-hybridized carbons (Fsp3) is 0. The first-order valence-electron chi connectivity index (χ1n) is 2.94. The third kappa shape index (κ3) is 2.47. The fourth-order valence-corrected chi connectivity index (χ4v) is 19.1. The molecular weight excluding hydrogens is 546 g/mol. The summed E-state index contributed by atoms with van der Waals surface area (Å²) in [5, 5.41) is 0. The average molecular weight is 548 g/mol. The second-order valence-corrected chi connectivity index (χ2v) is 16.9. The van der Waals surface area contributed by atoms with Gasteiger partial charge in [-0.1, -0.05) is 0 Å². The molecule has 0 atom stereocenters. The Morgan fingerprint density at radius 3 is 1.83 bits per heavy atom. The van der Waals surface area contributed by atoms with Crippen LogP contribution in [0.5, 0.6) is 0 Å². The molecule has 62 valence electrons. The summed E-state index contributed by atoms with van der Waals surface area (Å²) in [6.07, 6.45) is 0. The quantitative estimate of drug-likeness (QED) is 0.338. The van der Waals surface area contributed by atoms with Gasteiger partial charge in [0.25, 0.3) is 0 Å². The van der Waals surface area contributed by atoms with Gasteiger partial charge in [0.1, 0.15) is 0 Å². The molecule has 0 spiro atoms. The van der Waals surface area contributed by atoms with Gasteiger partial charge < -0.3 is 0 Å². The molecule has 2 aliphatic rings. The van der Waals surface area contributed by atoms with Crippen molar-refractivity contribution in [3.63, 3.8) is 0 Å². The monoisotopic (exact) mass is 554 g/mol. The molecule has 12 heavy (non-hydrogen) atoms. The van der Waals surface area contributed by atoms with Gasteiger partial charge in [-0.25, -0.2) is 0 Å². The molecule has 0 aromatic carbocycles. The second kappa shape index (κ2) is 4.91. The summed E-state index contributed by atoms with van der Waals surface area (Å²) >= 11 is 9.18. The van der Waals surface area contributed by atoms with E-state index < -0.39 is 0 Å². The summed E-state index contributed by atoms with van der Waals surface area (Å²) in [5.41, 5.74) is 0. The Bertz CT molecular complexity index is 273. The van der Waals surface area contributed by atoms with Crippen LogP contribution in [0.25, 0.3) is 0 Å². The number of hydrogen-bond donors (Lipinski definition) is 0. The van der Waals surface area contributed by atoms with Crippen molar-refractivity contribution < 1.29 is 0 Å². The van der Waals surface area contributed by atoms with Crippen molar-refractivity contribution >= 4 is 91.9 Å². The Labute approximate surface area is 113 Å². The van der Waals surface area contributed by atoms with Crippen LogP contribution in [0.3, 0.4) is 0 Å². The Kier molecular flexibility index (Phi) is 4.43. The molecule has 0 fully saturated rings. The first-order valence-corrected chi connectivity index (χ1v) is 11.8. The third-order valence-electron chi connectivity index (χ3n) is 1.11. The van der Waals surface area contributed by atoms with Gasteiger partial charge in [-0.2, -0.15) is 0 Å². The van der Waals surface area contributed by atoms with Crippen molar-refractivity contribution in [2.75, 3.05) is 0 Å². The van der Waals surface area contributed by atoms with E-state index >= 15 is 0 Å². The number of rotatable bonds is 0. The molecule has 0 unspecified atom stereocenters. The molecule has 0 bridgehead atoms. The van der Waals surface area contributed by atoms with Crippen molar-refractivity contribution in [3.8, 4) is 0 Å². The minimum atomic E-state index is 0.672. The molecule has 0 saturated heterocycles. The van der Waals surface area contributed by atoms with Gasteiger partial charge in [0.2, 0.25) is 0 Å². The van der Waals surface area contributed by atoms with E-state index in [9.17, 15) is 0 Å². The molecule has 0 aliphatic carbocycles. The molecule has 0 aromatic heterocycles. The topological polar surface area (TPSA) is 0 Å². The zero-order valence-electron chi connectivity index (χ0n) is 5.60. The van der Waals surface area contributed by atoms with E-state index in [-0.39, 0.29) is 0 Å². The van der Waals surface area contributed by atoms with Crippen LogP contribution in [0.2, 0.25) is 0 Å². The van der Waals surface area contributed by atoms with E-state index in [1.807, 2.05) is 6.74 Å². The molecule has 2 rings (SSSR count). The van der Waals surface area contributed by atoms with Crippen LogP contribution in [0.4, 0.5) is 0 Å². The van der Waals surface area contributed by atoms with Gasteiger partial charge in [-0.3, -0.25) is 0 Å². The predicted octanol–water partition coefficient (Wildman–Crippen LogP) is -1.11. The Hall–Kier alpha value is 2.34. The van der Waals surface area contributed by atoms with Gasteiger partial charge in [0.15, 0.2) is 0 Å². The summed E-state index contributed by atoms with van der Waals surface area (Å²) < 4.78 is 6.71. The zero-order valence-corrected chi connectivity index (χ0v) is 15.9.